The maximum absolute atomic E-state index is 13.3. The van der Waals surface area contributed by atoms with E-state index in [0.717, 1.165) is 29.8 Å². The second-order valence-electron chi connectivity index (χ2n) is 13.9. The standard InChI is InChI=1S/C33H54BN7O6S/c1-10-20(3)33(8)28(23(6)36-16-19(2)15-32(7,46-9)27(34)21(4)26(42)22(5)29(43)44)41(31(45)47-33)14-12-11-13-40-18-24(38-39-40)25-17-37-30(35)48-25/h17-23,27-28,36H,10-16H2,1-9H3,(H2,35,37)(H,43,44)/t19-,20-,21+,22-,23-,27-,28-,32-,33-/m1/s1. The quantitative estimate of drug-likeness (QED) is 0.100. The smallest absolute Gasteiger partial charge is 0.410 e. The largest absolute Gasteiger partial charge is 0.481 e. The van der Waals surface area contributed by atoms with E-state index in [2.05, 4.69) is 48.3 Å². The number of nitrogens with one attached hydrogen (secondary N) is 1. The number of aromatic nitrogens is 4. The lowest BCUT2D eigenvalue weighted by Gasteiger charge is -2.41. The highest BCUT2D eigenvalue weighted by atomic mass is 32.1. The summed E-state index contributed by atoms with van der Waals surface area (Å²) in [7, 11) is 8.12. The number of anilines is 1. The number of nitrogen functional groups attached to an aromatic ring is 1. The molecule has 0 aromatic carbocycles. The number of aryl methyl sites for hydroxylation is 1. The number of carboxylic acids is 1. The molecular weight excluding hydrogens is 633 g/mol. The van der Waals surface area contributed by atoms with Gasteiger partial charge in [-0.1, -0.05) is 44.2 Å². The zero-order valence-electron chi connectivity index (χ0n) is 29.9. The third-order valence-corrected chi connectivity index (χ3v) is 11.2. The normalized spacial score (nSPS) is 23.1. The summed E-state index contributed by atoms with van der Waals surface area (Å²) in [5, 5.41) is 21.9. The molecule has 3 rings (SSSR count). The number of Topliss-reactive ketones (excluding diaryl/α,β-unsaturated/α-hetero) is 1. The molecule has 1 aliphatic heterocycles. The Morgan fingerprint density at radius 2 is 1.92 bits per heavy atom. The molecule has 15 heteroatoms. The molecule has 0 saturated carbocycles. The second kappa shape index (κ2) is 16.6. The summed E-state index contributed by atoms with van der Waals surface area (Å²) in [6.45, 7) is 17.2. The van der Waals surface area contributed by atoms with Crippen molar-refractivity contribution in [2.24, 2.45) is 23.7 Å². The number of unbranched alkanes of at least 4 members (excludes halogenated alkanes) is 1. The predicted octanol–water partition coefficient (Wildman–Crippen LogP) is 4.68. The van der Waals surface area contributed by atoms with Crippen LogP contribution in [-0.4, -0.2) is 99.2 Å². The first-order valence-corrected chi connectivity index (χ1v) is 17.7. The number of aliphatic carboxylic acids is 1. The van der Waals surface area contributed by atoms with Crippen molar-refractivity contribution >= 4 is 42.2 Å². The minimum atomic E-state index is -1.17. The molecule has 1 amide bonds. The fourth-order valence-electron chi connectivity index (χ4n) is 6.85. The SMILES string of the molecule is [B][C@H]([C@@H](C)C(=O)[C@@H](C)C(=O)O)[C@@](C)(C[C@@H](C)CN[C@H](C)[C@H]1N(CCCCn2cc(-c3cnc(N)s3)nn2)C(=O)O[C@]1(C)[C@H](C)CC)OC. The molecule has 266 valence electrons. The summed E-state index contributed by atoms with van der Waals surface area (Å²) in [6, 6.07) is -0.296. The number of ether oxygens (including phenoxy) is 2. The van der Waals surface area contributed by atoms with Crippen molar-refractivity contribution in [2.45, 2.75) is 117 Å². The summed E-state index contributed by atoms with van der Waals surface area (Å²) in [4.78, 5) is 44.3. The Bertz CT molecular complexity index is 1390. The number of cyclic esters (lactones) is 1. The first kappa shape index (κ1) is 39.4. The van der Waals surface area contributed by atoms with Crippen molar-refractivity contribution in [3.05, 3.63) is 12.4 Å². The zero-order chi connectivity index (χ0) is 36.0. The van der Waals surface area contributed by atoms with E-state index in [4.69, 9.17) is 23.1 Å². The molecule has 0 bridgehead atoms. The van der Waals surface area contributed by atoms with Gasteiger partial charge in [0.25, 0.3) is 0 Å². The van der Waals surface area contributed by atoms with Gasteiger partial charge in [0.1, 0.15) is 23.0 Å². The van der Waals surface area contributed by atoms with E-state index >= 15 is 0 Å². The van der Waals surface area contributed by atoms with Crippen LogP contribution in [0.1, 0.15) is 81.1 Å². The number of carbonyl (C=O) groups excluding carboxylic acids is 2. The molecule has 2 aromatic rings. The molecule has 48 heavy (non-hydrogen) atoms. The summed E-state index contributed by atoms with van der Waals surface area (Å²) >= 11 is 1.37. The van der Waals surface area contributed by atoms with Gasteiger partial charge in [-0.15, -0.1) is 5.10 Å². The number of carbonyl (C=O) groups is 3. The molecule has 2 aromatic heterocycles. The Kier molecular flexibility index (Phi) is 13.6. The van der Waals surface area contributed by atoms with E-state index in [1.54, 1.807) is 24.9 Å². The van der Waals surface area contributed by atoms with Gasteiger partial charge >= 0.3 is 12.1 Å². The van der Waals surface area contributed by atoms with Crippen LogP contribution in [0.3, 0.4) is 0 Å². The fourth-order valence-corrected chi connectivity index (χ4v) is 7.48. The Morgan fingerprint density at radius 3 is 2.50 bits per heavy atom. The van der Waals surface area contributed by atoms with E-state index in [1.807, 2.05) is 24.9 Å². The summed E-state index contributed by atoms with van der Waals surface area (Å²) in [6.07, 6.45) is 6.22. The molecule has 1 fully saturated rings. The number of nitrogens with two attached hydrogens (primary N) is 1. The zero-order valence-corrected chi connectivity index (χ0v) is 30.7. The van der Waals surface area contributed by atoms with Crippen LogP contribution in [0.4, 0.5) is 9.93 Å². The molecule has 2 radical (unpaired) electrons. The van der Waals surface area contributed by atoms with Gasteiger partial charge < -0.3 is 25.6 Å². The maximum Gasteiger partial charge on any atom is 0.410 e. The van der Waals surface area contributed by atoms with Gasteiger partial charge in [0, 0.05) is 38.4 Å². The van der Waals surface area contributed by atoms with Crippen molar-refractivity contribution in [2.75, 3.05) is 25.9 Å². The molecule has 1 saturated heterocycles. The van der Waals surface area contributed by atoms with Gasteiger partial charge in [0.15, 0.2) is 5.13 Å². The van der Waals surface area contributed by atoms with Crippen molar-refractivity contribution < 1.29 is 29.0 Å². The Labute approximate surface area is 290 Å². The first-order chi connectivity index (χ1) is 22.5. The van der Waals surface area contributed by atoms with Crippen LogP contribution < -0.4 is 11.1 Å². The van der Waals surface area contributed by atoms with Crippen molar-refractivity contribution in [1.82, 2.24) is 30.2 Å². The number of ketones is 1. The lowest BCUT2D eigenvalue weighted by molar-refractivity contribution is -0.147. The monoisotopic (exact) mass is 687 g/mol. The molecule has 1 aliphatic rings. The molecule has 0 spiro atoms. The third kappa shape index (κ3) is 8.95. The van der Waals surface area contributed by atoms with Crippen LogP contribution in [0.15, 0.2) is 12.4 Å². The number of nitrogens with zero attached hydrogens (tertiary/aromatic N) is 5. The van der Waals surface area contributed by atoms with Crippen LogP contribution >= 0.6 is 11.3 Å². The molecular formula is C33H54BN7O6S. The number of thiazole rings is 1. The molecule has 0 aliphatic carbocycles. The van der Waals surface area contributed by atoms with E-state index < -0.39 is 40.6 Å². The van der Waals surface area contributed by atoms with Crippen LogP contribution in [0.2, 0.25) is 5.82 Å². The van der Waals surface area contributed by atoms with E-state index in [1.165, 1.54) is 18.3 Å². The van der Waals surface area contributed by atoms with E-state index in [9.17, 15) is 19.5 Å². The summed E-state index contributed by atoms with van der Waals surface area (Å²) < 4.78 is 13.8. The maximum atomic E-state index is 13.3. The average molecular weight is 688 g/mol. The Hall–Kier alpha value is -3.04. The van der Waals surface area contributed by atoms with Gasteiger partial charge in [-0.2, -0.15) is 0 Å². The van der Waals surface area contributed by atoms with Crippen LogP contribution in [0, 0.1) is 23.7 Å². The minimum absolute atomic E-state index is 0.0814. The highest BCUT2D eigenvalue weighted by molar-refractivity contribution is 7.18. The number of amides is 1. The van der Waals surface area contributed by atoms with Crippen molar-refractivity contribution in [3.8, 4) is 10.6 Å². The number of methoxy groups -OCH3 is 1. The lowest BCUT2D eigenvalue weighted by atomic mass is 9.62. The van der Waals surface area contributed by atoms with Crippen LogP contribution in [0.25, 0.3) is 10.6 Å². The fraction of sp³-hybridized carbons (Fsp3) is 0.758. The summed E-state index contributed by atoms with van der Waals surface area (Å²) in [5.41, 5.74) is 4.94. The van der Waals surface area contributed by atoms with Crippen LogP contribution in [0.5, 0.6) is 0 Å². The number of carboxylic acid groups (broad SMARTS) is 1. The Morgan fingerprint density at radius 1 is 1.25 bits per heavy atom. The molecule has 9 atom stereocenters. The van der Waals surface area contributed by atoms with Crippen LogP contribution in [-0.2, 0) is 25.6 Å². The highest BCUT2D eigenvalue weighted by Crippen LogP contribution is 2.40. The average Bonchev–Trinajstić information content (AvgIpc) is 3.77. The van der Waals surface area contributed by atoms with Gasteiger partial charge in [0.05, 0.1) is 30.6 Å². The van der Waals surface area contributed by atoms with Crippen molar-refractivity contribution in [1.29, 1.82) is 0 Å². The van der Waals surface area contributed by atoms with Gasteiger partial charge in [-0.25, -0.2) is 9.78 Å². The van der Waals surface area contributed by atoms with E-state index in [0.29, 0.717) is 31.2 Å². The summed E-state index contributed by atoms with van der Waals surface area (Å²) in [5.74, 6) is -3.90. The molecule has 4 N–H and O–H groups in total. The molecule has 0 unspecified atom stereocenters. The number of hydrogen-bond donors (Lipinski definition) is 3. The van der Waals surface area contributed by atoms with E-state index in [-0.39, 0.29) is 30.0 Å². The number of rotatable bonds is 20. The van der Waals surface area contributed by atoms with Gasteiger partial charge in [0.2, 0.25) is 0 Å². The molecule has 13 nitrogen and oxygen atoms in total. The van der Waals surface area contributed by atoms with Crippen molar-refractivity contribution in [3.63, 3.8) is 0 Å². The number of hydrogen-bond acceptors (Lipinski definition) is 11. The second-order valence-corrected chi connectivity index (χ2v) is 15.0. The topological polar surface area (TPSA) is 175 Å². The highest BCUT2D eigenvalue weighted by Gasteiger charge is 2.55. The third-order valence-electron chi connectivity index (χ3n) is 10.4. The predicted molar refractivity (Wildman–Crippen MR) is 187 cm³/mol. The van der Waals surface area contributed by atoms with Gasteiger partial charge in [-0.3, -0.25) is 19.2 Å². The van der Waals surface area contributed by atoms with Gasteiger partial charge in [-0.05, 0) is 77.6 Å². The lowest BCUT2D eigenvalue weighted by Crippen LogP contribution is -2.58. The molecule has 3 heterocycles. The Balaban J connectivity index is 1.63. The minimum Gasteiger partial charge on any atom is -0.481 e. The first-order valence-electron chi connectivity index (χ1n) is 16.9.